The van der Waals surface area contributed by atoms with E-state index in [9.17, 15) is 8.42 Å². The Kier molecular flexibility index (Phi) is 4.72. The highest BCUT2D eigenvalue weighted by molar-refractivity contribution is 9.11. The molecular formula is C13H12Br2N2O2S. The second kappa shape index (κ2) is 6.15. The number of halogens is 2. The maximum atomic E-state index is 12.1. The lowest BCUT2D eigenvalue weighted by molar-refractivity contribution is 0.600. The molecule has 7 heteroatoms. The summed E-state index contributed by atoms with van der Waals surface area (Å²) in [5.41, 5.74) is 7.36. The van der Waals surface area contributed by atoms with Crippen molar-refractivity contribution in [3.63, 3.8) is 0 Å². The standard InChI is InChI=1S/C13H12Br2N2O2S/c14-10-3-6-13(12(15)7-10)17-20(18,19)8-9-1-4-11(16)5-2-9/h1-7,17H,8,16H2. The summed E-state index contributed by atoms with van der Waals surface area (Å²) in [6.07, 6.45) is 0. The number of rotatable bonds is 4. The van der Waals surface area contributed by atoms with Gasteiger partial charge in [0.25, 0.3) is 0 Å². The first-order valence-electron chi connectivity index (χ1n) is 5.66. The van der Waals surface area contributed by atoms with Crippen LogP contribution in [0.15, 0.2) is 51.4 Å². The molecule has 106 valence electrons. The Morgan fingerprint density at radius 1 is 1.05 bits per heavy atom. The van der Waals surface area contributed by atoms with Crippen molar-refractivity contribution >= 4 is 53.3 Å². The van der Waals surface area contributed by atoms with Gasteiger partial charge in [0, 0.05) is 14.6 Å². The summed E-state index contributed by atoms with van der Waals surface area (Å²) >= 11 is 6.64. The van der Waals surface area contributed by atoms with Crippen molar-refractivity contribution in [3.8, 4) is 0 Å². The van der Waals surface area contributed by atoms with Gasteiger partial charge in [-0.15, -0.1) is 0 Å². The van der Waals surface area contributed by atoms with Gasteiger partial charge in [-0.2, -0.15) is 0 Å². The van der Waals surface area contributed by atoms with E-state index in [4.69, 9.17) is 5.73 Å². The maximum absolute atomic E-state index is 12.1. The summed E-state index contributed by atoms with van der Waals surface area (Å²) in [5.74, 6) is -0.101. The van der Waals surface area contributed by atoms with Gasteiger partial charge in [-0.25, -0.2) is 8.42 Å². The van der Waals surface area contributed by atoms with Crippen LogP contribution in [0.5, 0.6) is 0 Å². The van der Waals surface area contributed by atoms with E-state index in [0.29, 0.717) is 21.4 Å². The lowest BCUT2D eigenvalue weighted by atomic mass is 10.2. The zero-order valence-electron chi connectivity index (χ0n) is 10.3. The Bertz CT molecular complexity index is 716. The number of nitrogens with two attached hydrogens (primary N) is 1. The van der Waals surface area contributed by atoms with Gasteiger partial charge in [-0.05, 0) is 51.8 Å². The Morgan fingerprint density at radius 2 is 1.70 bits per heavy atom. The van der Waals surface area contributed by atoms with Crippen molar-refractivity contribution in [2.75, 3.05) is 10.5 Å². The Morgan fingerprint density at radius 3 is 2.30 bits per heavy atom. The van der Waals surface area contributed by atoms with Crippen LogP contribution in [0.1, 0.15) is 5.56 Å². The van der Waals surface area contributed by atoms with Crippen molar-refractivity contribution in [2.24, 2.45) is 0 Å². The Balaban J connectivity index is 2.17. The molecule has 4 nitrogen and oxygen atoms in total. The zero-order chi connectivity index (χ0) is 14.8. The van der Waals surface area contributed by atoms with Crippen molar-refractivity contribution in [1.29, 1.82) is 0 Å². The molecule has 0 fully saturated rings. The molecule has 0 aromatic heterocycles. The molecule has 0 saturated carbocycles. The minimum Gasteiger partial charge on any atom is -0.399 e. The lowest BCUT2D eigenvalue weighted by Crippen LogP contribution is -2.15. The molecule has 0 spiro atoms. The van der Waals surface area contributed by atoms with Gasteiger partial charge in [0.1, 0.15) is 0 Å². The van der Waals surface area contributed by atoms with E-state index in [2.05, 4.69) is 36.6 Å². The fraction of sp³-hybridized carbons (Fsp3) is 0.0769. The molecule has 0 aliphatic heterocycles. The van der Waals surface area contributed by atoms with Crippen molar-refractivity contribution < 1.29 is 8.42 Å². The number of nitrogens with one attached hydrogen (secondary N) is 1. The van der Waals surface area contributed by atoms with Gasteiger partial charge in [0.2, 0.25) is 10.0 Å². The van der Waals surface area contributed by atoms with Gasteiger partial charge in [0.05, 0.1) is 11.4 Å². The quantitative estimate of drug-likeness (QED) is 0.741. The van der Waals surface area contributed by atoms with Gasteiger partial charge in [0.15, 0.2) is 0 Å². The first-order valence-corrected chi connectivity index (χ1v) is 8.89. The average molecular weight is 420 g/mol. The first-order chi connectivity index (χ1) is 9.35. The first kappa shape index (κ1) is 15.3. The molecule has 0 unspecified atom stereocenters. The highest BCUT2D eigenvalue weighted by atomic mass is 79.9. The van der Waals surface area contributed by atoms with Crippen LogP contribution < -0.4 is 10.5 Å². The van der Waals surface area contributed by atoms with Crippen LogP contribution in [-0.4, -0.2) is 8.42 Å². The van der Waals surface area contributed by atoms with Crippen LogP contribution in [0.25, 0.3) is 0 Å². The van der Waals surface area contributed by atoms with Gasteiger partial charge in [-0.1, -0.05) is 28.1 Å². The van der Waals surface area contributed by atoms with Crippen LogP contribution in [0.4, 0.5) is 11.4 Å². The van der Waals surface area contributed by atoms with E-state index in [1.807, 2.05) is 0 Å². The summed E-state index contributed by atoms with van der Waals surface area (Å²) < 4.78 is 28.3. The normalized spacial score (nSPS) is 11.3. The second-order valence-electron chi connectivity index (χ2n) is 4.23. The third-order valence-electron chi connectivity index (χ3n) is 2.53. The molecule has 2 aromatic carbocycles. The fourth-order valence-corrected chi connectivity index (χ4v) is 4.10. The summed E-state index contributed by atoms with van der Waals surface area (Å²) in [5, 5.41) is 0. The zero-order valence-corrected chi connectivity index (χ0v) is 14.3. The predicted octanol–water partition coefficient (Wildman–Crippen LogP) is 3.74. The molecule has 0 bridgehead atoms. The molecule has 2 aromatic rings. The monoisotopic (exact) mass is 418 g/mol. The van der Waals surface area contributed by atoms with E-state index in [1.54, 1.807) is 42.5 Å². The van der Waals surface area contributed by atoms with Crippen LogP contribution in [-0.2, 0) is 15.8 Å². The van der Waals surface area contributed by atoms with Crippen LogP contribution >= 0.6 is 31.9 Å². The molecule has 0 amide bonds. The SMILES string of the molecule is Nc1ccc(CS(=O)(=O)Nc2ccc(Br)cc2Br)cc1. The maximum Gasteiger partial charge on any atom is 0.236 e. The van der Waals surface area contributed by atoms with Crippen molar-refractivity contribution in [2.45, 2.75) is 5.75 Å². The van der Waals surface area contributed by atoms with Crippen LogP contribution in [0.3, 0.4) is 0 Å². The molecule has 0 saturated heterocycles. The third-order valence-corrected chi connectivity index (χ3v) is 4.93. The number of anilines is 2. The third kappa shape index (κ3) is 4.22. The molecular weight excluding hydrogens is 408 g/mol. The summed E-state index contributed by atoms with van der Waals surface area (Å²) in [6, 6.07) is 12.0. The highest BCUT2D eigenvalue weighted by Gasteiger charge is 2.13. The smallest absolute Gasteiger partial charge is 0.236 e. The summed E-state index contributed by atoms with van der Waals surface area (Å²) in [4.78, 5) is 0. The number of sulfonamides is 1. The molecule has 0 radical (unpaired) electrons. The van der Waals surface area contributed by atoms with Gasteiger partial charge >= 0.3 is 0 Å². The molecule has 2 rings (SSSR count). The highest BCUT2D eigenvalue weighted by Crippen LogP contribution is 2.27. The molecule has 0 heterocycles. The Hall–Kier alpha value is -1.05. The van der Waals surface area contributed by atoms with Crippen LogP contribution in [0.2, 0.25) is 0 Å². The molecule has 0 aliphatic carbocycles. The number of nitrogen functional groups attached to an aromatic ring is 1. The van der Waals surface area contributed by atoms with E-state index in [0.717, 1.165) is 4.47 Å². The van der Waals surface area contributed by atoms with Gasteiger partial charge in [-0.3, -0.25) is 4.72 Å². The second-order valence-corrected chi connectivity index (χ2v) is 7.72. The van der Waals surface area contributed by atoms with E-state index >= 15 is 0 Å². The van der Waals surface area contributed by atoms with Crippen molar-refractivity contribution in [1.82, 2.24) is 0 Å². The minimum absolute atomic E-state index is 0.101. The predicted molar refractivity (Wildman–Crippen MR) is 88.9 cm³/mol. The van der Waals surface area contributed by atoms with E-state index in [-0.39, 0.29) is 5.75 Å². The molecule has 0 atom stereocenters. The Labute approximate surface area is 134 Å². The molecule has 3 N–H and O–H groups in total. The van der Waals surface area contributed by atoms with Crippen molar-refractivity contribution in [3.05, 3.63) is 57.0 Å². The van der Waals surface area contributed by atoms with E-state index < -0.39 is 10.0 Å². The lowest BCUT2D eigenvalue weighted by Gasteiger charge is -2.10. The topological polar surface area (TPSA) is 72.2 Å². The number of hydrogen-bond donors (Lipinski definition) is 2. The average Bonchev–Trinajstić information content (AvgIpc) is 2.35. The number of hydrogen-bond acceptors (Lipinski definition) is 3. The minimum atomic E-state index is -3.47. The summed E-state index contributed by atoms with van der Waals surface area (Å²) in [6.45, 7) is 0. The number of benzene rings is 2. The van der Waals surface area contributed by atoms with Gasteiger partial charge < -0.3 is 5.73 Å². The van der Waals surface area contributed by atoms with Crippen LogP contribution in [0, 0.1) is 0 Å². The largest absolute Gasteiger partial charge is 0.399 e. The molecule has 20 heavy (non-hydrogen) atoms. The van der Waals surface area contributed by atoms with E-state index in [1.165, 1.54) is 0 Å². The molecule has 0 aliphatic rings. The fourth-order valence-electron chi connectivity index (χ4n) is 1.61. The summed E-state index contributed by atoms with van der Waals surface area (Å²) in [7, 11) is -3.47.